The van der Waals surface area contributed by atoms with Gasteiger partial charge >= 0.3 is 5.97 Å². The summed E-state index contributed by atoms with van der Waals surface area (Å²) in [5.41, 5.74) is 2.00. The van der Waals surface area contributed by atoms with Gasteiger partial charge in [0, 0.05) is 45.6 Å². The second kappa shape index (κ2) is 14.0. The fourth-order valence-electron chi connectivity index (χ4n) is 5.44. The van der Waals surface area contributed by atoms with Gasteiger partial charge in [-0.25, -0.2) is 0 Å². The molecule has 1 fully saturated rings. The Morgan fingerprint density at radius 3 is 2.45 bits per heavy atom. The van der Waals surface area contributed by atoms with Crippen molar-refractivity contribution in [3.05, 3.63) is 77.9 Å². The van der Waals surface area contributed by atoms with Gasteiger partial charge < -0.3 is 14.6 Å². The highest BCUT2D eigenvalue weighted by atomic mass is 32.1. The van der Waals surface area contributed by atoms with Crippen LogP contribution in [0.5, 0.6) is 17.2 Å². The molecule has 4 aromatic rings. The second-order valence-corrected chi connectivity index (χ2v) is 12.2. The summed E-state index contributed by atoms with van der Waals surface area (Å²) in [6.07, 6.45) is 5.74. The Bertz CT molecular complexity index is 1510. The summed E-state index contributed by atoms with van der Waals surface area (Å²) in [5, 5.41) is 10.9. The molecule has 2 heterocycles. The highest BCUT2D eigenvalue weighted by Crippen LogP contribution is 2.41. The number of fused-ring (bicyclic) bond motifs is 1. The number of nitrogens with zero attached hydrogens (tertiary/aromatic N) is 1. The van der Waals surface area contributed by atoms with E-state index in [2.05, 4.69) is 18.7 Å². The Morgan fingerprint density at radius 1 is 0.976 bits per heavy atom. The Morgan fingerprint density at radius 2 is 1.74 bits per heavy atom. The maximum absolute atomic E-state index is 13.9. The number of benzene rings is 3. The second-order valence-electron chi connectivity index (χ2n) is 11.2. The lowest BCUT2D eigenvalue weighted by Crippen LogP contribution is -2.25. The average Bonchev–Trinajstić information content (AvgIpc) is 3.58. The number of hydrogen-bond acceptors (Lipinski definition) is 7. The zero-order chi connectivity index (χ0) is 29.5. The number of phenolic OH excluding ortho intramolecular Hbond substituents is 1. The van der Waals surface area contributed by atoms with Gasteiger partial charge in [0.1, 0.15) is 23.9 Å². The van der Waals surface area contributed by atoms with Crippen LogP contribution in [0.1, 0.15) is 68.3 Å². The van der Waals surface area contributed by atoms with Crippen LogP contribution in [0.2, 0.25) is 0 Å². The van der Waals surface area contributed by atoms with Crippen molar-refractivity contribution >= 4 is 33.2 Å². The van der Waals surface area contributed by atoms with E-state index in [0.717, 1.165) is 77.5 Å². The van der Waals surface area contributed by atoms with E-state index in [0.29, 0.717) is 29.9 Å². The SMILES string of the molecule is CCCCCCC(=O)Oc1ccc(-c2sc3cc(O)ccc3c2C(=O)c2ccc(OCCN3CCC(C)C3)cc2)cc1. The van der Waals surface area contributed by atoms with Gasteiger partial charge in [0.2, 0.25) is 0 Å². The molecule has 0 bridgehead atoms. The van der Waals surface area contributed by atoms with E-state index in [9.17, 15) is 14.7 Å². The number of carbonyl (C=O) groups is 2. The van der Waals surface area contributed by atoms with Crippen molar-refractivity contribution in [3.8, 4) is 27.7 Å². The monoisotopic (exact) mass is 585 g/mol. The third kappa shape index (κ3) is 7.39. The van der Waals surface area contributed by atoms with E-state index in [1.807, 2.05) is 36.4 Å². The van der Waals surface area contributed by atoms with Gasteiger partial charge in [0.15, 0.2) is 5.78 Å². The van der Waals surface area contributed by atoms with Crippen molar-refractivity contribution in [2.24, 2.45) is 5.92 Å². The van der Waals surface area contributed by atoms with E-state index < -0.39 is 0 Å². The minimum absolute atomic E-state index is 0.0953. The molecule has 0 radical (unpaired) electrons. The van der Waals surface area contributed by atoms with Crippen molar-refractivity contribution < 1.29 is 24.2 Å². The average molecular weight is 586 g/mol. The fourth-order valence-corrected chi connectivity index (χ4v) is 6.67. The van der Waals surface area contributed by atoms with Crippen molar-refractivity contribution in [1.82, 2.24) is 4.90 Å². The fraction of sp³-hybridized carbons (Fsp3) is 0.371. The molecule has 1 N–H and O–H groups in total. The molecule has 6 nitrogen and oxygen atoms in total. The molecule has 0 saturated carbocycles. The van der Waals surface area contributed by atoms with E-state index in [1.54, 1.807) is 30.3 Å². The minimum atomic E-state index is -0.231. The first-order chi connectivity index (χ1) is 20.4. The lowest BCUT2D eigenvalue weighted by molar-refractivity contribution is -0.134. The summed E-state index contributed by atoms with van der Waals surface area (Å²) in [4.78, 5) is 29.4. The number of likely N-dealkylation sites (tertiary alicyclic amines) is 1. The normalized spacial score (nSPS) is 15.2. The van der Waals surface area contributed by atoms with Gasteiger partial charge in [-0.3, -0.25) is 14.5 Å². The van der Waals surface area contributed by atoms with Crippen molar-refractivity contribution in [2.45, 2.75) is 52.4 Å². The Labute approximate surface area is 251 Å². The van der Waals surface area contributed by atoms with Gasteiger partial charge in [0.25, 0.3) is 0 Å². The smallest absolute Gasteiger partial charge is 0.311 e. The molecule has 1 aliphatic heterocycles. The van der Waals surface area contributed by atoms with Crippen LogP contribution >= 0.6 is 11.3 Å². The molecule has 1 aromatic heterocycles. The van der Waals surface area contributed by atoms with Gasteiger partial charge in [-0.1, -0.05) is 33.1 Å². The van der Waals surface area contributed by atoms with Crippen LogP contribution in [0, 0.1) is 5.92 Å². The summed E-state index contributed by atoms with van der Waals surface area (Å²) < 4.78 is 12.3. The summed E-state index contributed by atoms with van der Waals surface area (Å²) in [5.74, 6) is 1.81. The molecule has 3 aromatic carbocycles. The number of carbonyl (C=O) groups excluding carboxylic acids is 2. The lowest BCUT2D eigenvalue weighted by Gasteiger charge is -2.15. The van der Waals surface area contributed by atoms with Gasteiger partial charge in [-0.15, -0.1) is 11.3 Å². The van der Waals surface area contributed by atoms with Crippen molar-refractivity contribution in [1.29, 1.82) is 0 Å². The molecule has 7 heteroatoms. The summed E-state index contributed by atoms with van der Waals surface area (Å²) in [6, 6.07) is 19.7. The third-order valence-electron chi connectivity index (χ3n) is 7.78. The number of phenols is 1. The van der Waals surface area contributed by atoms with Gasteiger partial charge in [-0.2, -0.15) is 0 Å². The third-order valence-corrected chi connectivity index (χ3v) is 8.99. The Kier molecular flexibility index (Phi) is 9.93. The summed E-state index contributed by atoms with van der Waals surface area (Å²) in [7, 11) is 0. The predicted octanol–water partition coefficient (Wildman–Crippen LogP) is 8.10. The minimum Gasteiger partial charge on any atom is -0.508 e. The molecule has 1 atom stereocenters. The largest absolute Gasteiger partial charge is 0.508 e. The van der Waals surface area contributed by atoms with E-state index in [-0.39, 0.29) is 17.5 Å². The number of ether oxygens (including phenoxy) is 2. The molecule has 0 aliphatic carbocycles. The summed E-state index contributed by atoms with van der Waals surface area (Å²) >= 11 is 1.46. The highest BCUT2D eigenvalue weighted by Gasteiger charge is 2.22. The van der Waals surface area contributed by atoms with E-state index >= 15 is 0 Å². The number of aromatic hydroxyl groups is 1. The van der Waals surface area contributed by atoms with Gasteiger partial charge in [-0.05, 0) is 97.6 Å². The number of hydrogen-bond donors (Lipinski definition) is 1. The topological polar surface area (TPSA) is 76.1 Å². The maximum Gasteiger partial charge on any atom is 0.311 e. The number of esters is 1. The first kappa shape index (κ1) is 29.8. The molecule has 1 saturated heterocycles. The van der Waals surface area contributed by atoms with Crippen LogP contribution in [0.15, 0.2) is 66.7 Å². The molecular weight excluding hydrogens is 546 g/mol. The van der Waals surface area contributed by atoms with Crippen LogP contribution in [-0.2, 0) is 4.79 Å². The van der Waals surface area contributed by atoms with Crippen LogP contribution in [0.25, 0.3) is 20.5 Å². The number of rotatable bonds is 13. The first-order valence-corrected chi connectivity index (χ1v) is 15.8. The van der Waals surface area contributed by atoms with E-state index in [4.69, 9.17) is 9.47 Å². The molecule has 42 heavy (non-hydrogen) atoms. The zero-order valence-electron chi connectivity index (χ0n) is 24.4. The zero-order valence-corrected chi connectivity index (χ0v) is 25.3. The molecule has 1 unspecified atom stereocenters. The molecule has 1 aliphatic rings. The number of ketones is 1. The number of unbranched alkanes of at least 4 members (excludes halogenated alkanes) is 3. The van der Waals surface area contributed by atoms with Crippen LogP contribution in [0.3, 0.4) is 0 Å². The van der Waals surface area contributed by atoms with Gasteiger partial charge in [0.05, 0.1) is 0 Å². The molecule has 5 rings (SSSR count). The van der Waals surface area contributed by atoms with E-state index in [1.165, 1.54) is 17.8 Å². The quantitative estimate of drug-likeness (QED) is 0.0739. The van der Waals surface area contributed by atoms with Crippen LogP contribution < -0.4 is 9.47 Å². The number of thiophene rings is 1. The molecule has 0 amide bonds. The maximum atomic E-state index is 13.9. The van der Waals surface area contributed by atoms with Crippen molar-refractivity contribution in [3.63, 3.8) is 0 Å². The Hall–Kier alpha value is -3.68. The van der Waals surface area contributed by atoms with Crippen LogP contribution in [-0.4, -0.2) is 48.0 Å². The van der Waals surface area contributed by atoms with Crippen LogP contribution in [0.4, 0.5) is 0 Å². The Balaban J connectivity index is 1.31. The molecule has 220 valence electrons. The highest BCUT2D eigenvalue weighted by molar-refractivity contribution is 7.22. The standard InChI is InChI=1S/C35H39NO5S/c1-3-4-5-6-7-32(38)41-29-15-10-26(11-16-29)35-33(30-17-12-27(37)22-31(30)42-35)34(39)25-8-13-28(14-9-25)40-21-20-36-19-18-24(2)23-36/h8-17,22,24,37H,3-7,18-21,23H2,1-2H3. The predicted molar refractivity (Wildman–Crippen MR) is 169 cm³/mol. The molecular formula is C35H39NO5S. The van der Waals surface area contributed by atoms with Crippen molar-refractivity contribution in [2.75, 3.05) is 26.2 Å². The summed E-state index contributed by atoms with van der Waals surface area (Å²) in [6.45, 7) is 8.19. The molecule has 0 spiro atoms. The first-order valence-electron chi connectivity index (χ1n) is 15.0. The lowest BCUT2D eigenvalue weighted by atomic mass is 9.97.